The zero-order chi connectivity index (χ0) is 20.5. The quantitative estimate of drug-likeness (QED) is 0.530. The van der Waals surface area contributed by atoms with E-state index < -0.39 is 0 Å². The Hall–Kier alpha value is -2.89. The van der Waals surface area contributed by atoms with Gasteiger partial charge in [-0.15, -0.1) is 0 Å². The van der Waals surface area contributed by atoms with Gasteiger partial charge in [0.25, 0.3) is 0 Å². The highest BCUT2D eigenvalue weighted by atomic mass is 16.5. The number of methoxy groups -OCH3 is 1. The number of para-hydroxylation sites is 3. The van der Waals surface area contributed by atoms with Crippen LogP contribution in [0.15, 0.2) is 59.6 Å². The second-order valence-electron chi connectivity index (χ2n) is 7.35. The maximum Gasteiger partial charge on any atom is 0.191 e. The van der Waals surface area contributed by atoms with Crippen LogP contribution in [0.4, 0.5) is 5.69 Å². The molecule has 2 aromatic rings. The number of benzene rings is 2. The van der Waals surface area contributed by atoms with Gasteiger partial charge in [-0.25, -0.2) is 0 Å². The zero-order valence-electron chi connectivity index (χ0n) is 17.6. The van der Waals surface area contributed by atoms with Gasteiger partial charge in [-0.2, -0.15) is 0 Å². The average molecular weight is 397 g/mol. The lowest BCUT2D eigenvalue weighted by atomic mass is 10.1. The molecular weight excluding hydrogens is 364 g/mol. The molecule has 2 aromatic carbocycles. The number of rotatable bonds is 8. The normalized spacial score (nSPS) is 17.7. The summed E-state index contributed by atoms with van der Waals surface area (Å²) >= 11 is 0. The molecule has 0 radical (unpaired) electrons. The third-order valence-corrected chi connectivity index (χ3v) is 5.14. The van der Waals surface area contributed by atoms with E-state index >= 15 is 0 Å². The Balaban J connectivity index is 1.40. The molecule has 0 saturated carbocycles. The first-order chi connectivity index (χ1) is 14.2. The molecule has 0 aliphatic carbocycles. The van der Waals surface area contributed by atoms with Crippen LogP contribution >= 0.6 is 0 Å². The van der Waals surface area contributed by atoms with Crippen LogP contribution in [0.1, 0.15) is 13.3 Å². The number of nitrogens with one attached hydrogen (secondary N) is 2. The first-order valence-corrected chi connectivity index (χ1v) is 10.2. The number of ether oxygens (including phenoxy) is 2. The molecule has 29 heavy (non-hydrogen) atoms. The van der Waals surface area contributed by atoms with Gasteiger partial charge in [0.05, 0.1) is 13.7 Å². The molecule has 0 aromatic heterocycles. The maximum atomic E-state index is 6.00. The van der Waals surface area contributed by atoms with E-state index in [2.05, 4.69) is 50.9 Å². The third-order valence-electron chi connectivity index (χ3n) is 5.14. The van der Waals surface area contributed by atoms with E-state index in [1.165, 1.54) is 12.1 Å². The largest absolute Gasteiger partial charge is 0.493 e. The Morgan fingerprint density at radius 3 is 2.55 bits per heavy atom. The van der Waals surface area contributed by atoms with Crippen LogP contribution in [0.25, 0.3) is 0 Å². The summed E-state index contributed by atoms with van der Waals surface area (Å²) in [5.74, 6) is 2.90. The number of nitrogens with zero attached hydrogens (tertiary/aromatic N) is 2. The number of anilines is 1. The maximum absolute atomic E-state index is 6.00. The summed E-state index contributed by atoms with van der Waals surface area (Å²) in [4.78, 5) is 6.79. The smallest absolute Gasteiger partial charge is 0.191 e. The summed E-state index contributed by atoms with van der Waals surface area (Å²) in [7, 11) is 3.45. The van der Waals surface area contributed by atoms with Gasteiger partial charge < -0.3 is 25.0 Å². The van der Waals surface area contributed by atoms with E-state index in [1.54, 1.807) is 14.2 Å². The van der Waals surface area contributed by atoms with Crippen molar-refractivity contribution in [3.63, 3.8) is 0 Å². The molecule has 0 amide bonds. The molecule has 3 rings (SSSR count). The Morgan fingerprint density at radius 1 is 1.10 bits per heavy atom. The minimum atomic E-state index is -0.0232. The van der Waals surface area contributed by atoms with Crippen molar-refractivity contribution in [3.8, 4) is 11.5 Å². The molecule has 6 nitrogen and oxygen atoms in total. The zero-order valence-corrected chi connectivity index (χ0v) is 17.6. The highest BCUT2D eigenvalue weighted by Gasteiger charge is 2.22. The first kappa shape index (κ1) is 20.8. The van der Waals surface area contributed by atoms with Gasteiger partial charge >= 0.3 is 0 Å². The predicted octanol–water partition coefficient (Wildman–Crippen LogP) is 3.15. The number of guanidine groups is 1. The standard InChI is InChI=1S/C23H32N4O2/c1-18(29-22-12-8-7-11-21(22)28-3)15-25-23(24-2)26-16-19-13-14-27(17-19)20-9-5-4-6-10-20/h4-12,18-19H,13-17H2,1-3H3,(H2,24,25,26). The minimum absolute atomic E-state index is 0.0232. The lowest BCUT2D eigenvalue weighted by molar-refractivity contribution is 0.213. The highest BCUT2D eigenvalue weighted by molar-refractivity contribution is 5.79. The number of hydrogen-bond donors (Lipinski definition) is 2. The summed E-state index contributed by atoms with van der Waals surface area (Å²) in [5, 5.41) is 6.81. The fourth-order valence-electron chi connectivity index (χ4n) is 3.55. The average Bonchev–Trinajstić information content (AvgIpc) is 3.24. The molecule has 2 unspecified atom stereocenters. The van der Waals surface area contributed by atoms with Crippen LogP contribution in [0.3, 0.4) is 0 Å². The van der Waals surface area contributed by atoms with E-state index in [-0.39, 0.29) is 6.10 Å². The first-order valence-electron chi connectivity index (χ1n) is 10.2. The molecule has 0 spiro atoms. The fraction of sp³-hybridized carbons (Fsp3) is 0.435. The molecule has 2 N–H and O–H groups in total. The van der Waals surface area contributed by atoms with Gasteiger partial charge in [0.2, 0.25) is 0 Å². The highest BCUT2D eigenvalue weighted by Crippen LogP contribution is 2.26. The molecule has 6 heteroatoms. The minimum Gasteiger partial charge on any atom is -0.493 e. The van der Waals surface area contributed by atoms with Crippen LogP contribution < -0.4 is 25.0 Å². The Morgan fingerprint density at radius 2 is 1.83 bits per heavy atom. The van der Waals surface area contributed by atoms with Gasteiger partial charge in [-0.1, -0.05) is 30.3 Å². The van der Waals surface area contributed by atoms with Gasteiger partial charge in [-0.3, -0.25) is 4.99 Å². The van der Waals surface area contributed by atoms with E-state index in [1.807, 2.05) is 31.2 Å². The van der Waals surface area contributed by atoms with E-state index in [0.717, 1.165) is 37.1 Å². The lowest BCUT2D eigenvalue weighted by Gasteiger charge is -2.21. The van der Waals surface area contributed by atoms with Gasteiger partial charge in [-0.05, 0) is 43.5 Å². The Labute approximate surface area is 173 Å². The summed E-state index contributed by atoms with van der Waals surface area (Å²) in [6.45, 7) is 5.76. The molecule has 1 aliphatic rings. The molecule has 1 saturated heterocycles. The van der Waals surface area contributed by atoms with Crippen molar-refractivity contribution in [1.82, 2.24) is 10.6 Å². The SMILES string of the molecule is CN=C(NCC1CCN(c2ccccc2)C1)NCC(C)Oc1ccccc1OC. The summed E-state index contributed by atoms with van der Waals surface area (Å²) in [5.41, 5.74) is 1.31. The van der Waals surface area contributed by atoms with Gasteiger partial charge in [0.1, 0.15) is 6.10 Å². The monoisotopic (exact) mass is 396 g/mol. The van der Waals surface area contributed by atoms with Crippen molar-refractivity contribution < 1.29 is 9.47 Å². The molecule has 1 heterocycles. The van der Waals surface area contributed by atoms with Crippen molar-refractivity contribution in [1.29, 1.82) is 0 Å². The number of aliphatic imine (C=N–C) groups is 1. The Bertz CT molecular complexity index is 781. The summed E-state index contributed by atoms with van der Waals surface area (Å²) < 4.78 is 11.3. The molecule has 0 bridgehead atoms. The predicted molar refractivity (Wildman–Crippen MR) is 119 cm³/mol. The summed E-state index contributed by atoms with van der Waals surface area (Å²) in [6, 6.07) is 18.3. The molecule has 2 atom stereocenters. The van der Waals surface area contributed by atoms with Gasteiger partial charge in [0.15, 0.2) is 17.5 Å². The van der Waals surface area contributed by atoms with Crippen LogP contribution in [0, 0.1) is 5.92 Å². The van der Waals surface area contributed by atoms with Crippen LogP contribution in [0.2, 0.25) is 0 Å². The second kappa shape index (κ2) is 10.6. The van der Waals surface area contributed by atoms with Crippen molar-refractivity contribution in [2.24, 2.45) is 10.9 Å². The van der Waals surface area contributed by atoms with Crippen LogP contribution in [-0.4, -0.2) is 52.4 Å². The van der Waals surface area contributed by atoms with Crippen molar-refractivity contribution in [2.75, 3.05) is 45.2 Å². The molecule has 156 valence electrons. The molecule has 1 fully saturated rings. The topological polar surface area (TPSA) is 58.1 Å². The molecular formula is C23H32N4O2. The fourth-order valence-corrected chi connectivity index (χ4v) is 3.55. The van der Waals surface area contributed by atoms with Crippen molar-refractivity contribution in [2.45, 2.75) is 19.4 Å². The van der Waals surface area contributed by atoms with Crippen LogP contribution in [-0.2, 0) is 0 Å². The number of hydrogen-bond acceptors (Lipinski definition) is 4. The van der Waals surface area contributed by atoms with Crippen LogP contribution in [0.5, 0.6) is 11.5 Å². The third kappa shape index (κ3) is 6.04. The lowest BCUT2D eigenvalue weighted by Crippen LogP contribution is -2.43. The van der Waals surface area contributed by atoms with E-state index in [9.17, 15) is 0 Å². The second-order valence-corrected chi connectivity index (χ2v) is 7.35. The molecule has 1 aliphatic heterocycles. The summed E-state index contributed by atoms with van der Waals surface area (Å²) in [6.07, 6.45) is 1.16. The van der Waals surface area contributed by atoms with E-state index in [4.69, 9.17) is 9.47 Å². The Kier molecular flexibility index (Phi) is 7.61. The van der Waals surface area contributed by atoms with Crippen molar-refractivity contribution in [3.05, 3.63) is 54.6 Å². The van der Waals surface area contributed by atoms with Gasteiger partial charge in [0, 0.05) is 32.4 Å². The van der Waals surface area contributed by atoms with E-state index in [0.29, 0.717) is 12.5 Å². The van der Waals surface area contributed by atoms with Crippen molar-refractivity contribution >= 4 is 11.6 Å².